The number of hydrogen-bond donors (Lipinski definition) is 1. The molecule has 122 valence electrons. The molecule has 2 saturated carbocycles. The van der Waals surface area contributed by atoms with E-state index in [0.717, 1.165) is 18.6 Å². The molecular weight excluding hydrogens is 278 g/mol. The molecule has 0 bridgehead atoms. The van der Waals surface area contributed by atoms with Crippen LogP contribution >= 0.6 is 0 Å². The molecule has 1 spiro atoms. The minimum Gasteiger partial charge on any atom is -0.378 e. The van der Waals surface area contributed by atoms with Gasteiger partial charge in [-0.25, -0.2) is 0 Å². The predicted octanol–water partition coefficient (Wildman–Crippen LogP) is 2.44. The zero-order chi connectivity index (χ0) is 15.6. The lowest BCUT2D eigenvalue weighted by Crippen LogP contribution is -2.63. The SMILES string of the molecule is CCO[C@H]1C[C@@H](NC(=O)CCn2cc(C)cn2)C12CCCC2. The summed E-state index contributed by atoms with van der Waals surface area (Å²) in [5, 5.41) is 7.48. The van der Waals surface area contributed by atoms with Gasteiger partial charge >= 0.3 is 0 Å². The summed E-state index contributed by atoms with van der Waals surface area (Å²) < 4.78 is 7.73. The molecule has 1 N–H and O–H groups in total. The Morgan fingerprint density at radius 2 is 2.27 bits per heavy atom. The summed E-state index contributed by atoms with van der Waals surface area (Å²) in [4.78, 5) is 12.2. The molecule has 0 radical (unpaired) electrons. The standard InChI is InChI=1S/C17H27N3O2/c1-3-22-15-10-14(17(15)7-4-5-8-17)19-16(21)6-9-20-12-13(2)11-18-20/h11-12,14-15H,3-10H2,1-2H3,(H,19,21)/t14-,15+/m1/s1. The van der Waals surface area contributed by atoms with Gasteiger partial charge in [-0.3, -0.25) is 9.48 Å². The molecule has 1 heterocycles. The number of ether oxygens (including phenoxy) is 1. The van der Waals surface area contributed by atoms with E-state index in [9.17, 15) is 4.79 Å². The molecule has 2 fully saturated rings. The van der Waals surface area contributed by atoms with Crippen molar-refractivity contribution in [2.24, 2.45) is 5.41 Å². The maximum absolute atomic E-state index is 12.2. The van der Waals surface area contributed by atoms with Gasteiger partial charge in [0.05, 0.1) is 12.3 Å². The molecule has 5 heteroatoms. The van der Waals surface area contributed by atoms with Crippen LogP contribution in [0.1, 0.15) is 51.0 Å². The summed E-state index contributed by atoms with van der Waals surface area (Å²) in [5.74, 6) is 0.138. The molecule has 0 saturated heterocycles. The van der Waals surface area contributed by atoms with Crippen molar-refractivity contribution in [3.8, 4) is 0 Å². The molecule has 2 atom stereocenters. The van der Waals surface area contributed by atoms with Crippen LogP contribution in [0.25, 0.3) is 0 Å². The Morgan fingerprint density at radius 3 is 2.91 bits per heavy atom. The van der Waals surface area contributed by atoms with E-state index in [1.54, 1.807) is 0 Å². The van der Waals surface area contributed by atoms with Gasteiger partial charge in [-0.15, -0.1) is 0 Å². The van der Waals surface area contributed by atoms with Gasteiger partial charge in [0.25, 0.3) is 0 Å². The van der Waals surface area contributed by atoms with Crippen LogP contribution in [0.2, 0.25) is 0 Å². The fourth-order valence-corrected chi connectivity index (χ4v) is 4.16. The average molecular weight is 305 g/mol. The number of nitrogens with zero attached hydrogens (tertiary/aromatic N) is 2. The van der Waals surface area contributed by atoms with Crippen LogP contribution in [0, 0.1) is 12.3 Å². The lowest BCUT2D eigenvalue weighted by molar-refractivity contribution is -0.144. The summed E-state index contributed by atoms with van der Waals surface area (Å²) in [7, 11) is 0. The first-order valence-electron chi connectivity index (χ1n) is 8.54. The average Bonchev–Trinajstić information content (AvgIpc) is 3.14. The molecule has 2 aliphatic carbocycles. The van der Waals surface area contributed by atoms with Crippen LogP contribution in [0.5, 0.6) is 0 Å². The number of hydrogen-bond acceptors (Lipinski definition) is 3. The first-order valence-corrected chi connectivity index (χ1v) is 8.54. The third kappa shape index (κ3) is 2.91. The Kier molecular flexibility index (Phi) is 4.52. The highest BCUT2D eigenvalue weighted by molar-refractivity contribution is 5.76. The molecular formula is C17H27N3O2. The third-order valence-corrected chi connectivity index (χ3v) is 5.35. The fourth-order valence-electron chi connectivity index (χ4n) is 4.16. The Bertz CT molecular complexity index is 520. The number of carbonyl (C=O) groups is 1. The van der Waals surface area contributed by atoms with E-state index in [-0.39, 0.29) is 11.3 Å². The maximum atomic E-state index is 12.2. The van der Waals surface area contributed by atoms with Crippen molar-refractivity contribution in [2.45, 2.75) is 71.1 Å². The van der Waals surface area contributed by atoms with E-state index in [1.807, 2.05) is 24.0 Å². The molecule has 0 aliphatic heterocycles. The first-order chi connectivity index (χ1) is 10.6. The van der Waals surface area contributed by atoms with E-state index in [0.29, 0.717) is 25.1 Å². The highest BCUT2D eigenvalue weighted by Gasteiger charge is 2.57. The van der Waals surface area contributed by atoms with Crippen molar-refractivity contribution in [2.75, 3.05) is 6.61 Å². The van der Waals surface area contributed by atoms with Gasteiger partial charge in [0.1, 0.15) is 0 Å². The topological polar surface area (TPSA) is 56.1 Å². The molecule has 5 nitrogen and oxygen atoms in total. The van der Waals surface area contributed by atoms with Crippen molar-refractivity contribution >= 4 is 5.91 Å². The second-order valence-corrected chi connectivity index (χ2v) is 6.77. The van der Waals surface area contributed by atoms with Crippen molar-refractivity contribution < 1.29 is 9.53 Å². The molecule has 3 rings (SSSR count). The van der Waals surface area contributed by atoms with Crippen LogP contribution in [0.4, 0.5) is 0 Å². The quantitative estimate of drug-likeness (QED) is 0.878. The number of nitrogens with one attached hydrogen (secondary N) is 1. The van der Waals surface area contributed by atoms with Gasteiger partial charge in [-0.2, -0.15) is 5.10 Å². The second kappa shape index (κ2) is 6.41. The van der Waals surface area contributed by atoms with Crippen molar-refractivity contribution in [1.29, 1.82) is 0 Å². The van der Waals surface area contributed by atoms with Crippen LogP contribution < -0.4 is 5.32 Å². The number of aryl methyl sites for hydroxylation is 2. The highest BCUT2D eigenvalue weighted by Crippen LogP contribution is 2.54. The van der Waals surface area contributed by atoms with E-state index in [4.69, 9.17) is 4.74 Å². The van der Waals surface area contributed by atoms with Crippen LogP contribution in [-0.4, -0.2) is 34.4 Å². The molecule has 22 heavy (non-hydrogen) atoms. The fraction of sp³-hybridized carbons (Fsp3) is 0.765. The van der Waals surface area contributed by atoms with Gasteiger partial charge in [0, 0.05) is 37.2 Å². The van der Waals surface area contributed by atoms with Crippen LogP contribution in [0.15, 0.2) is 12.4 Å². The normalized spacial score (nSPS) is 26.1. The van der Waals surface area contributed by atoms with Crippen molar-refractivity contribution in [1.82, 2.24) is 15.1 Å². The minimum absolute atomic E-state index is 0.138. The van der Waals surface area contributed by atoms with Gasteiger partial charge in [0.2, 0.25) is 5.91 Å². The van der Waals surface area contributed by atoms with Gasteiger partial charge < -0.3 is 10.1 Å². The monoisotopic (exact) mass is 305 g/mol. The summed E-state index contributed by atoms with van der Waals surface area (Å²) in [5.41, 5.74) is 1.34. The van der Waals surface area contributed by atoms with Crippen molar-refractivity contribution in [3.63, 3.8) is 0 Å². The summed E-state index contributed by atoms with van der Waals surface area (Å²) in [6, 6.07) is 0.304. The molecule has 1 amide bonds. The smallest absolute Gasteiger partial charge is 0.222 e. The van der Waals surface area contributed by atoms with Gasteiger partial charge in [-0.05, 0) is 38.7 Å². The van der Waals surface area contributed by atoms with E-state index in [1.165, 1.54) is 25.7 Å². The van der Waals surface area contributed by atoms with Gasteiger partial charge in [0.15, 0.2) is 0 Å². The van der Waals surface area contributed by atoms with E-state index in [2.05, 4.69) is 17.3 Å². The lowest BCUT2D eigenvalue weighted by atomic mass is 9.60. The van der Waals surface area contributed by atoms with E-state index >= 15 is 0 Å². The molecule has 0 aromatic carbocycles. The zero-order valence-electron chi connectivity index (χ0n) is 13.7. The second-order valence-electron chi connectivity index (χ2n) is 6.77. The highest BCUT2D eigenvalue weighted by atomic mass is 16.5. The minimum atomic E-state index is 0.138. The lowest BCUT2D eigenvalue weighted by Gasteiger charge is -2.54. The largest absolute Gasteiger partial charge is 0.378 e. The Balaban J connectivity index is 1.51. The van der Waals surface area contributed by atoms with Crippen molar-refractivity contribution in [3.05, 3.63) is 18.0 Å². The van der Waals surface area contributed by atoms with Gasteiger partial charge in [-0.1, -0.05) is 12.8 Å². The maximum Gasteiger partial charge on any atom is 0.222 e. The first kappa shape index (κ1) is 15.5. The predicted molar refractivity (Wildman–Crippen MR) is 84.4 cm³/mol. The molecule has 1 aromatic rings. The summed E-state index contributed by atoms with van der Waals surface area (Å²) >= 11 is 0. The zero-order valence-corrected chi connectivity index (χ0v) is 13.7. The number of amides is 1. The molecule has 0 unspecified atom stereocenters. The van der Waals surface area contributed by atoms with Crippen LogP contribution in [-0.2, 0) is 16.1 Å². The number of aromatic nitrogens is 2. The summed E-state index contributed by atoms with van der Waals surface area (Å²) in [6.45, 7) is 5.48. The van der Waals surface area contributed by atoms with E-state index < -0.39 is 0 Å². The number of carbonyl (C=O) groups excluding carboxylic acids is 1. The Hall–Kier alpha value is -1.36. The Morgan fingerprint density at radius 1 is 1.50 bits per heavy atom. The van der Waals surface area contributed by atoms with Crippen LogP contribution in [0.3, 0.4) is 0 Å². The number of rotatable bonds is 6. The third-order valence-electron chi connectivity index (χ3n) is 5.35. The summed E-state index contributed by atoms with van der Waals surface area (Å²) in [6.07, 6.45) is 10.5. The molecule has 1 aromatic heterocycles. The molecule has 2 aliphatic rings. The Labute approximate surface area is 132 Å².